The van der Waals surface area contributed by atoms with E-state index in [1.165, 1.54) is 37.4 Å². The minimum Gasteiger partial charge on any atom is -0.481 e. The van der Waals surface area contributed by atoms with Gasteiger partial charge in [0.05, 0.1) is 17.6 Å². The van der Waals surface area contributed by atoms with Crippen LogP contribution in [-0.4, -0.2) is 122 Å². The maximum absolute atomic E-state index is 14.3. The van der Waals surface area contributed by atoms with Crippen LogP contribution in [0.4, 0.5) is 10.5 Å². The standard InChI is InChI=1S/C43H65N6O14PS2/c1-9-25(4)37(47-39(53)32-13-10-11-17-48(32)7)41(54)49(8)33(24(2)3)22-35(61-27(6)50)40-46-31(23-66-40)38(52)44-29(19-26(5)42(55)56)20-28-15-16-34(62-43(57)63-64(58,59)60)30(21-28)45-36(51)14-12-18-65/h15-16,21,23-26,29,32-33,35,37,65H,9-14,17-20,22H2,1-8H3,(H,44,52)(H,45,51)(H,47,53)(H,55,56)(H2,58,59,60)/t25-,26?,29+,32+,33?,35+,37-/m0/s1. The first kappa shape index (κ1) is 55.7. The molecule has 66 heavy (non-hydrogen) atoms. The molecule has 7 atom stereocenters. The second kappa shape index (κ2) is 26.1. The van der Waals surface area contributed by atoms with Crippen LogP contribution in [0.3, 0.4) is 0 Å². The van der Waals surface area contributed by atoms with Gasteiger partial charge in [-0.1, -0.05) is 53.5 Å². The van der Waals surface area contributed by atoms with Gasteiger partial charge < -0.3 is 40.0 Å². The van der Waals surface area contributed by atoms with Gasteiger partial charge >= 0.3 is 25.9 Å². The van der Waals surface area contributed by atoms with Crippen LogP contribution < -0.4 is 20.7 Å². The number of hydrogen-bond acceptors (Lipinski definition) is 15. The summed E-state index contributed by atoms with van der Waals surface area (Å²) in [6, 6.07) is 1.59. The van der Waals surface area contributed by atoms with Crippen molar-refractivity contribution in [3.05, 3.63) is 39.8 Å². The third-order valence-electron chi connectivity index (χ3n) is 11.4. The van der Waals surface area contributed by atoms with Gasteiger partial charge in [-0.15, -0.1) is 11.3 Å². The number of ether oxygens (including phenoxy) is 2. The van der Waals surface area contributed by atoms with Gasteiger partial charge in [0.1, 0.15) is 16.7 Å². The molecule has 2 aromatic rings. The third kappa shape index (κ3) is 17.6. The summed E-state index contributed by atoms with van der Waals surface area (Å²) in [6.45, 7) is 11.2. The number of hydrogen-bond donors (Lipinski definition) is 7. The normalized spacial score (nSPS) is 17.0. The van der Waals surface area contributed by atoms with Crippen LogP contribution in [0.1, 0.15) is 120 Å². The Kier molecular flexibility index (Phi) is 22.0. The minimum absolute atomic E-state index is 0.00493. The molecule has 6 N–H and O–H groups in total. The van der Waals surface area contributed by atoms with E-state index in [9.17, 15) is 43.2 Å². The van der Waals surface area contributed by atoms with E-state index in [1.807, 2.05) is 39.6 Å². The summed E-state index contributed by atoms with van der Waals surface area (Å²) in [4.78, 5) is 117. The molecule has 23 heteroatoms. The van der Waals surface area contributed by atoms with Crippen molar-refractivity contribution in [1.82, 2.24) is 25.4 Å². The van der Waals surface area contributed by atoms with E-state index in [4.69, 9.17) is 19.3 Å². The smallest absolute Gasteiger partial charge is 0.481 e. The lowest BCUT2D eigenvalue weighted by molar-refractivity contribution is -0.149. The first-order chi connectivity index (χ1) is 30.9. The molecule has 2 heterocycles. The lowest BCUT2D eigenvalue weighted by Crippen LogP contribution is -2.58. The number of rotatable bonds is 24. The summed E-state index contributed by atoms with van der Waals surface area (Å²) in [5, 5.41) is 20.0. The number of piperidine rings is 1. The lowest BCUT2D eigenvalue weighted by Gasteiger charge is -2.38. The Morgan fingerprint density at radius 2 is 1.76 bits per heavy atom. The number of thiol groups is 1. The van der Waals surface area contributed by atoms with Crippen molar-refractivity contribution in [3.8, 4) is 5.75 Å². The molecule has 1 saturated heterocycles. The maximum Gasteiger partial charge on any atom is 0.529 e. The van der Waals surface area contributed by atoms with Gasteiger partial charge in [0.15, 0.2) is 11.9 Å². The molecule has 20 nitrogen and oxygen atoms in total. The summed E-state index contributed by atoms with van der Waals surface area (Å²) >= 11 is 5.17. The Balaban J connectivity index is 1.89. The predicted octanol–water partition coefficient (Wildman–Crippen LogP) is 5.34. The Labute approximate surface area is 394 Å². The van der Waals surface area contributed by atoms with Gasteiger partial charge in [-0.05, 0) is 81.0 Å². The molecule has 0 spiro atoms. The first-order valence-electron chi connectivity index (χ1n) is 21.9. The largest absolute Gasteiger partial charge is 0.529 e. The number of carboxylic acid groups (broad SMARTS) is 1. The summed E-state index contributed by atoms with van der Waals surface area (Å²) < 4.78 is 25.9. The fraction of sp³-hybridized carbons (Fsp3) is 0.628. The number of amides is 4. The van der Waals surface area contributed by atoms with Crippen LogP contribution in [0.5, 0.6) is 5.75 Å². The molecule has 1 fully saturated rings. The molecule has 0 radical (unpaired) electrons. The second-order valence-corrected chi connectivity index (χ2v) is 19.5. The Morgan fingerprint density at radius 3 is 2.35 bits per heavy atom. The molecule has 4 amide bonds. The van der Waals surface area contributed by atoms with Crippen LogP contribution in [0.15, 0.2) is 23.6 Å². The van der Waals surface area contributed by atoms with Gasteiger partial charge in [0.25, 0.3) is 5.91 Å². The van der Waals surface area contributed by atoms with E-state index in [2.05, 4.69) is 38.1 Å². The number of likely N-dealkylation sites (N-methyl/N-ethyl adjacent to an activating group) is 2. The third-order valence-corrected chi connectivity index (χ3v) is 13.0. The van der Waals surface area contributed by atoms with E-state index >= 15 is 0 Å². The van der Waals surface area contributed by atoms with E-state index in [-0.39, 0.29) is 77.5 Å². The van der Waals surface area contributed by atoms with E-state index in [0.717, 1.165) is 30.7 Å². The van der Waals surface area contributed by atoms with Crippen molar-refractivity contribution in [2.75, 3.05) is 31.7 Å². The first-order valence-corrected chi connectivity index (χ1v) is 24.9. The van der Waals surface area contributed by atoms with Crippen LogP contribution in [0, 0.1) is 17.8 Å². The van der Waals surface area contributed by atoms with E-state index in [1.54, 1.807) is 11.9 Å². The molecular formula is C43H65N6O14PS2. The monoisotopic (exact) mass is 984 g/mol. The van der Waals surface area contributed by atoms with Gasteiger partial charge in [-0.25, -0.2) is 14.3 Å². The Hall–Kier alpha value is -4.60. The van der Waals surface area contributed by atoms with Crippen LogP contribution in [0.2, 0.25) is 0 Å². The van der Waals surface area contributed by atoms with Crippen molar-refractivity contribution in [2.45, 2.75) is 130 Å². The van der Waals surface area contributed by atoms with Crippen LogP contribution >= 0.6 is 31.8 Å². The zero-order chi connectivity index (χ0) is 49.5. The van der Waals surface area contributed by atoms with Crippen molar-refractivity contribution < 1.29 is 67.0 Å². The average Bonchev–Trinajstić information content (AvgIpc) is 3.73. The number of phosphoric acid groups is 1. The highest BCUT2D eigenvalue weighted by atomic mass is 32.1. The van der Waals surface area contributed by atoms with Crippen LogP contribution in [0.25, 0.3) is 0 Å². The topological polar surface area (TPSA) is 280 Å². The lowest BCUT2D eigenvalue weighted by atomic mass is 9.92. The van der Waals surface area contributed by atoms with Gasteiger partial charge in [-0.3, -0.25) is 43.5 Å². The zero-order valence-corrected chi connectivity index (χ0v) is 41.3. The van der Waals surface area contributed by atoms with Crippen molar-refractivity contribution in [2.24, 2.45) is 17.8 Å². The highest BCUT2D eigenvalue weighted by Gasteiger charge is 2.37. The molecule has 2 unspecified atom stereocenters. The number of aliphatic carboxylic acids is 1. The number of nitrogens with zero attached hydrogens (tertiary/aromatic N) is 3. The molecule has 1 aliphatic rings. The molecule has 1 aliphatic heterocycles. The highest BCUT2D eigenvalue weighted by Crippen LogP contribution is 2.37. The van der Waals surface area contributed by atoms with Crippen LogP contribution in [-0.2, 0) is 44.2 Å². The maximum atomic E-state index is 14.3. The number of esters is 1. The Morgan fingerprint density at radius 1 is 1.06 bits per heavy atom. The van der Waals surface area contributed by atoms with Crippen molar-refractivity contribution >= 4 is 79.2 Å². The predicted molar refractivity (Wildman–Crippen MR) is 248 cm³/mol. The van der Waals surface area contributed by atoms with E-state index < -0.39 is 67.9 Å². The number of carboxylic acids is 1. The number of carbonyl (C=O) groups excluding carboxylic acids is 6. The fourth-order valence-corrected chi connectivity index (χ4v) is 8.80. The number of thiazole rings is 1. The number of phosphoric ester groups is 1. The quantitative estimate of drug-likeness (QED) is 0.0302. The number of likely N-dealkylation sites (tertiary alicyclic amines) is 1. The number of nitrogens with one attached hydrogen (secondary N) is 3. The van der Waals surface area contributed by atoms with Crippen molar-refractivity contribution in [1.29, 1.82) is 0 Å². The Bertz CT molecular complexity index is 2070. The average molecular weight is 985 g/mol. The molecule has 1 aromatic carbocycles. The highest BCUT2D eigenvalue weighted by molar-refractivity contribution is 7.80. The zero-order valence-electron chi connectivity index (χ0n) is 38.7. The molecule has 3 rings (SSSR count). The SMILES string of the molecule is CC[C@H](C)[C@H](NC(=O)[C@H]1CCCCN1C)C(=O)N(C)C(C[C@@H](OC(C)=O)c1nc(C(=O)N[C@@H](Cc2ccc(OC(=O)OP(=O)(O)O)c(NC(=O)CCCS)c2)CC(C)C(=O)O)cs1)C(C)C. The number of aromatic nitrogens is 1. The van der Waals surface area contributed by atoms with Gasteiger partial charge in [0.2, 0.25) is 17.7 Å². The van der Waals surface area contributed by atoms with Gasteiger partial charge in [-0.2, -0.15) is 12.6 Å². The molecule has 368 valence electrons. The molecule has 0 bridgehead atoms. The molecule has 1 aromatic heterocycles. The molecular weight excluding hydrogens is 920 g/mol. The van der Waals surface area contributed by atoms with Gasteiger partial charge in [0, 0.05) is 44.3 Å². The number of benzene rings is 1. The summed E-state index contributed by atoms with van der Waals surface area (Å²) in [5.74, 6) is -4.58. The summed E-state index contributed by atoms with van der Waals surface area (Å²) in [7, 11) is -1.70. The number of carbonyl (C=O) groups is 7. The molecule has 0 aliphatic carbocycles. The summed E-state index contributed by atoms with van der Waals surface area (Å²) in [5.41, 5.74) is 0.306. The molecule has 0 saturated carbocycles. The second-order valence-electron chi connectivity index (χ2n) is 17.0. The van der Waals surface area contributed by atoms with E-state index in [0.29, 0.717) is 30.6 Å². The van der Waals surface area contributed by atoms with Crippen molar-refractivity contribution in [3.63, 3.8) is 0 Å². The summed E-state index contributed by atoms with van der Waals surface area (Å²) in [6.07, 6.45) is 1.02. The number of anilines is 1. The fourth-order valence-electron chi connectivity index (χ4n) is 7.57. The minimum atomic E-state index is -5.26.